The average Bonchev–Trinajstić information content (AvgIpc) is 2.65. The third kappa shape index (κ3) is 8.30. The van der Waals surface area contributed by atoms with Crippen LogP contribution in [0.25, 0.3) is 0 Å². The molecule has 7 nitrogen and oxygen atoms in total. The van der Waals surface area contributed by atoms with Gasteiger partial charge in [-0.1, -0.05) is 39.0 Å². The Morgan fingerprint density at radius 1 is 1.29 bits per heavy atom. The Bertz CT molecular complexity index is 669. The van der Waals surface area contributed by atoms with Gasteiger partial charge in [-0.05, 0) is 43.1 Å². The van der Waals surface area contributed by atoms with Gasteiger partial charge >= 0.3 is 41.5 Å². The second-order valence-electron chi connectivity index (χ2n) is 8.88. The molecule has 172 valence electrons. The van der Waals surface area contributed by atoms with E-state index in [0.29, 0.717) is 25.7 Å². The molecule has 0 aromatic carbocycles. The molecule has 2 rings (SSSR count). The van der Waals surface area contributed by atoms with Crippen molar-refractivity contribution in [2.45, 2.75) is 83.7 Å². The van der Waals surface area contributed by atoms with Gasteiger partial charge < -0.3 is 26.6 Å². The molecule has 0 aromatic rings. The summed E-state index contributed by atoms with van der Waals surface area (Å²) >= 11 is 0. The third-order valence-electron chi connectivity index (χ3n) is 6.44. The first-order chi connectivity index (χ1) is 14.1. The topological polar surface area (TPSA) is 124 Å². The van der Waals surface area contributed by atoms with Crippen molar-refractivity contribution in [1.29, 1.82) is 0 Å². The minimum absolute atomic E-state index is 0. The van der Waals surface area contributed by atoms with Crippen molar-refractivity contribution >= 4 is 11.9 Å². The van der Waals surface area contributed by atoms with E-state index in [4.69, 9.17) is 9.84 Å². The minimum atomic E-state index is -1.10. The molecule has 8 atom stereocenters. The molecule has 31 heavy (non-hydrogen) atoms. The summed E-state index contributed by atoms with van der Waals surface area (Å²) in [6.07, 6.45) is 4.64. The molecular formula is C23H37NaO7. The zero-order chi connectivity index (χ0) is 22.4. The van der Waals surface area contributed by atoms with Crippen molar-refractivity contribution in [2.24, 2.45) is 23.7 Å². The fraction of sp³-hybridized carbons (Fsp3) is 0.739. The Balaban J connectivity index is 0.00000480. The fourth-order valence-corrected chi connectivity index (χ4v) is 4.52. The Kier molecular flexibility index (Phi) is 12.0. The van der Waals surface area contributed by atoms with Crippen LogP contribution in [0.4, 0.5) is 0 Å². The summed E-state index contributed by atoms with van der Waals surface area (Å²) in [5, 5.41) is 39.1. The van der Waals surface area contributed by atoms with E-state index in [1.165, 1.54) is 0 Å². The predicted molar refractivity (Wildman–Crippen MR) is 113 cm³/mol. The molecule has 4 N–H and O–H groups in total. The van der Waals surface area contributed by atoms with Crippen molar-refractivity contribution < 1.29 is 65.7 Å². The fourth-order valence-electron chi connectivity index (χ4n) is 4.52. The Morgan fingerprint density at radius 2 is 1.97 bits per heavy atom. The smallest absolute Gasteiger partial charge is 1.00 e. The van der Waals surface area contributed by atoms with Crippen molar-refractivity contribution in [3.63, 3.8) is 0 Å². The number of hydrogen-bond donors (Lipinski definition) is 4. The molecule has 2 aliphatic rings. The van der Waals surface area contributed by atoms with E-state index in [9.17, 15) is 24.9 Å². The van der Waals surface area contributed by atoms with Crippen LogP contribution in [0.15, 0.2) is 23.8 Å². The van der Waals surface area contributed by atoms with Crippen LogP contribution in [0.3, 0.4) is 0 Å². The van der Waals surface area contributed by atoms with Crippen LogP contribution in [-0.2, 0) is 14.3 Å². The molecule has 0 radical (unpaired) electrons. The monoisotopic (exact) mass is 448 g/mol. The summed E-state index contributed by atoms with van der Waals surface area (Å²) in [4.78, 5) is 23.1. The van der Waals surface area contributed by atoms with Crippen LogP contribution >= 0.6 is 0 Å². The second-order valence-corrected chi connectivity index (χ2v) is 8.88. The number of hydrogen-bond acceptors (Lipinski definition) is 6. The summed E-state index contributed by atoms with van der Waals surface area (Å²) < 4.78 is 5.84. The summed E-state index contributed by atoms with van der Waals surface area (Å²) in [6.45, 7) is 5.85. The molecule has 0 amide bonds. The van der Waals surface area contributed by atoms with Gasteiger partial charge in [0.1, 0.15) is 6.10 Å². The maximum atomic E-state index is 12.4. The molecule has 0 aromatic heterocycles. The van der Waals surface area contributed by atoms with Gasteiger partial charge in [0.15, 0.2) is 0 Å². The molecule has 0 saturated carbocycles. The standard InChI is InChI=1S/C23H36O7.Na.H/c1-4-13(2)23(29)30-20-11-17(25)9-15-6-5-14(3)19(22(15)20)8-7-16(24)10-18(26)12-21(27)28;;/h5-6,9,13-14,16-20,22,24-26H,4,7-8,10-12H2,1-3H3,(H,27,28);;/q;+1;-1/t13?,14-,16?,17+,18?,19-,20-,22-;;/m0../s1. The van der Waals surface area contributed by atoms with E-state index in [1.54, 1.807) is 0 Å². The number of carbonyl (C=O) groups is 2. The normalized spacial score (nSPS) is 30.3. The second kappa shape index (κ2) is 13.1. The summed E-state index contributed by atoms with van der Waals surface area (Å²) in [5.41, 5.74) is 0.958. The first kappa shape index (κ1) is 28.3. The van der Waals surface area contributed by atoms with Crippen molar-refractivity contribution in [3.05, 3.63) is 23.8 Å². The molecule has 0 spiro atoms. The maximum Gasteiger partial charge on any atom is 1.00 e. The van der Waals surface area contributed by atoms with Gasteiger partial charge in [0.25, 0.3) is 0 Å². The molecule has 0 heterocycles. The van der Waals surface area contributed by atoms with Crippen LogP contribution in [-0.4, -0.2) is 56.8 Å². The molecule has 2 aliphatic carbocycles. The Labute approximate surface area is 208 Å². The molecule has 0 saturated heterocycles. The molecule has 0 bridgehead atoms. The number of aliphatic hydroxyl groups excluding tert-OH is 3. The number of carboxylic acid groups (broad SMARTS) is 1. The van der Waals surface area contributed by atoms with E-state index in [-0.39, 0.29) is 73.5 Å². The Morgan fingerprint density at radius 3 is 2.58 bits per heavy atom. The van der Waals surface area contributed by atoms with Gasteiger partial charge in [-0.3, -0.25) is 9.59 Å². The van der Waals surface area contributed by atoms with Crippen LogP contribution in [0.1, 0.15) is 60.7 Å². The van der Waals surface area contributed by atoms with Gasteiger partial charge in [-0.15, -0.1) is 0 Å². The quantitative estimate of drug-likeness (QED) is 0.264. The van der Waals surface area contributed by atoms with Gasteiger partial charge in [0.05, 0.1) is 30.7 Å². The van der Waals surface area contributed by atoms with Crippen molar-refractivity contribution in [3.8, 4) is 0 Å². The number of ether oxygens (including phenoxy) is 1. The Hall–Kier alpha value is -0.700. The van der Waals surface area contributed by atoms with Crippen molar-refractivity contribution in [1.82, 2.24) is 0 Å². The van der Waals surface area contributed by atoms with E-state index in [0.717, 1.165) is 5.57 Å². The number of fused-ring (bicyclic) bond motifs is 1. The first-order valence-electron chi connectivity index (χ1n) is 11.0. The third-order valence-corrected chi connectivity index (χ3v) is 6.44. The van der Waals surface area contributed by atoms with Gasteiger partial charge in [-0.2, -0.15) is 0 Å². The van der Waals surface area contributed by atoms with Gasteiger partial charge in [0.2, 0.25) is 0 Å². The maximum absolute atomic E-state index is 12.4. The number of rotatable bonds is 10. The number of carbonyl (C=O) groups excluding carboxylic acids is 1. The number of aliphatic carboxylic acids is 1. The number of allylic oxidation sites excluding steroid dienone is 2. The molecular weight excluding hydrogens is 411 g/mol. The summed E-state index contributed by atoms with van der Waals surface area (Å²) in [6, 6.07) is 0. The van der Waals surface area contributed by atoms with E-state index in [1.807, 2.05) is 26.0 Å². The summed E-state index contributed by atoms with van der Waals surface area (Å²) in [5.74, 6) is -1.31. The molecule has 0 fully saturated rings. The van der Waals surface area contributed by atoms with Crippen molar-refractivity contribution in [2.75, 3.05) is 0 Å². The zero-order valence-corrected chi connectivity index (χ0v) is 21.1. The van der Waals surface area contributed by atoms with Gasteiger partial charge in [0, 0.05) is 12.3 Å². The minimum Gasteiger partial charge on any atom is -1.00 e. The van der Waals surface area contributed by atoms with Crippen LogP contribution < -0.4 is 29.6 Å². The van der Waals surface area contributed by atoms with Crippen LogP contribution in [0.2, 0.25) is 0 Å². The first-order valence-corrected chi connectivity index (χ1v) is 11.0. The van der Waals surface area contributed by atoms with E-state index >= 15 is 0 Å². The zero-order valence-electron chi connectivity index (χ0n) is 20.1. The van der Waals surface area contributed by atoms with Gasteiger partial charge in [-0.25, -0.2) is 0 Å². The molecule has 3 unspecified atom stereocenters. The van der Waals surface area contributed by atoms with E-state index < -0.39 is 30.4 Å². The number of carboxylic acids is 1. The van der Waals surface area contributed by atoms with Crippen LogP contribution in [0, 0.1) is 23.7 Å². The summed E-state index contributed by atoms with van der Waals surface area (Å²) in [7, 11) is 0. The van der Waals surface area contributed by atoms with E-state index in [2.05, 4.69) is 13.0 Å². The van der Waals surface area contributed by atoms with Crippen LogP contribution in [0.5, 0.6) is 0 Å². The number of aliphatic hydroxyl groups is 3. The molecule has 0 aliphatic heterocycles. The number of esters is 1. The predicted octanol–water partition coefficient (Wildman–Crippen LogP) is -0.443. The average molecular weight is 449 g/mol. The largest absolute Gasteiger partial charge is 1.00 e. The molecule has 8 heteroatoms. The SMILES string of the molecule is CCC(C)C(=O)O[C@H]1C[C@H](O)C=C2C=C[C@H](C)[C@H](CCC(O)CC(O)CC(=O)O)[C@H]21.[H-].[Na+].